The maximum absolute atomic E-state index is 14.1. The van der Waals surface area contributed by atoms with Crippen LogP contribution in [0.3, 0.4) is 0 Å². The molecular formula is C42H75N11O11. The molecule has 8 amide bonds. The number of rotatable bonds is 27. The highest BCUT2D eigenvalue weighted by Crippen LogP contribution is 2.21. The lowest BCUT2D eigenvalue weighted by molar-refractivity contribution is -0.144. The van der Waals surface area contributed by atoms with E-state index in [0.717, 1.165) is 0 Å². The van der Waals surface area contributed by atoms with Gasteiger partial charge in [0.25, 0.3) is 0 Å². The second-order valence-corrected chi connectivity index (χ2v) is 17.0. The van der Waals surface area contributed by atoms with Crippen molar-refractivity contribution >= 4 is 59.2 Å². The fourth-order valence-electron chi connectivity index (χ4n) is 7.02. The molecule has 1 saturated heterocycles. The average molecular weight is 910 g/mol. The maximum atomic E-state index is 14.1. The molecule has 0 aromatic carbocycles. The quantitative estimate of drug-likeness (QED) is 0.0254. The Morgan fingerprint density at radius 3 is 1.66 bits per heavy atom. The number of nitrogens with one attached hydrogen (secondary N) is 7. The Morgan fingerprint density at radius 2 is 1.17 bits per heavy atom. The SMILES string of the molecule is CCC[C@H](NC(=O)[C@@H](NC(=O)[C@H](NC(=O)[C@@H](NC(C)=O)C(C)C)[C@@H](C)CC)[C@@H](C)O)C(=O)N[C@H](C(=O)N[C@@H](CCCN=C(N)N)C(=O)N1CCC[C@H]1C(=O)N[C@H](C)C(=O)O)[C@@H](C)CC. The highest BCUT2D eigenvalue weighted by molar-refractivity contribution is 5.98. The van der Waals surface area contributed by atoms with Crippen LogP contribution in [0, 0.1) is 17.8 Å². The maximum Gasteiger partial charge on any atom is 0.325 e. The van der Waals surface area contributed by atoms with Crippen LogP contribution < -0.4 is 48.7 Å². The second kappa shape index (κ2) is 27.6. The van der Waals surface area contributed by atoms with Gasteiger partial charge in [-0.25, -0.2) is 0 Å². The van der Waals surface area contributed by atoms with E-state index in [1.165, 1.54) is 25.7 Å². The third kappa shape index (κ3) is 17.9. The van der Waals surface area contributed by atoms with E-state index in [1.807, 2.05) is 0 Å². The second-order valence-electron chi connectivity index (χ2n) is 17.0. The molecule has 13 N–H and O–H groups in total. The van der Waals surface area contributed by atoms with Gasteiger partial charge in [-0.2, -0.15) is 0 Å². The van der Waals surface area contributed by atoms with Crippen molar-refractivity contribution in [2.75, 3.05) is 13.1 Å². The molecule has 22 heteroatoms. The van der Waals surface area contributed by atoms with Crippen molar-refractivity contribution in [3.63, 3.8) is 0 Å². The monoisotopic (exact) mass is 910 g/mol. The van der Waals surface area contributed by atoms with Gasteiger partial charge in [-0.3, -0.25) is 48.1 Å². The summed E-state index contributed by atoms with van der Waals surface area (Å²) in [4.78, 5) is 125. The Labute approximate surface area is 376 Å². The summed E-state index contributed by atoms with van der Waals surface area (Å²) in [6.07, 6.45) is 0.837. The number of carbonyl (C=O) groups is 9. The van der Waals surface area contributed by atoms with Crippen LogP contribution >= 0.6 is 0 Å². The van der Waals surface area contributed by atoms with Crippen LogP contribution in [-0.2, 0) is 43.2 Å². The summed E-state index contributed by atoms with van der Waals surface area (Å²) >= 11 is 0. The Balaban J connectivity index is 3.38. The minimum Gasteiger partial charge on any atom is -0.480 e. The summed E-state index contributed by atoms with van der Waals surface area (Å²) < 4.78 is 0. The first kappa shape index (κ1) is 56.5. The number of hydrogen-bond acceptors (Lipinski definition) is 11. The number of aliphatic imine (C=N–C) groups is 1. The smallest absolute Gasteiger partial charge is 0.325 e. The lowest BCUT2D eigenvalue weighted by atomic mass is 9.95. The Hall–Kier alpha value is -5.54. The standard InChI is InChI=1S/C42H75N11O11/c1-11-16-27(48-39(61)33(25(9)54)52-38(60)32(23(7)13-3)51-36(58)30(21(4)5)47-26(10)55)34(56)50-31(22(6)12-2)37(59)49-28(17-14-19-45-42(43)44)40(62)53-20-15-18-29(53)35(57)46-24(8)41(63)64/h21-25,27-33,54H,11-20H2,1-10H3,(H,46,57)(H,47,55)(H,48,61)(H,49,59)(H,50,56)(H,51,58)(H,52,60)(H,63,64)(H4,43,44,45)/t22-,23-,24+,25+,27-,28-,29-,30-,31-,32+,33-/m0/s1. The molecular weight excluding hydrogens is 835 g/mol. The van der Waals surface area contributed by atoms with Crippen molar-refractivity contribution in [1.82, 2.24) is 42.1 Å². The van der Waals surface area contributed by atoms with Crippen LogP contribution in [0.4, 0.5) is 0 Å². The molecule has 0 saturated carbocycles. The number of aliphatic hydroxyl groups excluding tert-OH is 1. The van der Waals surface area contributed by atoms with Crippen LogP contribution in [-0.4, -0.2) is 142 Å². The normalized spacial score (nSPS) is 18.2. The van der Waals surface area contributed by atoms with E-state index >= 15 is 0 Å². The number of carboxylic acids is 1. The predicted octanol–water partition coefficient (Wildman–Crippen LogP) is -1.52. The average Bonchev–Trinajstić information content (AvgIpc) is 3.72. The van der Waals surface area contributed by atoms with Crippen LogP contribution in [0.15, 0.2) is 4.99 Å². The first-order chi connectivity index (χ1) is 29.9. The molecule has 1 heterocycles. The Bertz CT molecular complexity index is 1660. The molecule has 64 heavy (non-hydrogen) atoms. The minimum atomic E-state index is -1.58. The number of likely N-dealkylation sites (tertiary alicyclic amines) is 1. The van der Waals surface area contributed by atoms with Crippen molar-refractivity contribution in [3.05, 3.63) is 0 Å². The van der Waals surface area contributed by atoms with Gasteiger partial charge in [-0.1, -0.05) is 67.7 Å². The van der Waals surface area contributed by atoms with Crippen molar-refractivity contribution in [1.29, 1.82) is 0 Å². The molecule has 11 atom stereocenters. The van der Waals surface area contributed by atoms with E-state index in [-0.39, 0.29) is 50.7 Å². The molecule has 1 aliphatic rings. The molecule has 0 radical (unpaired) electrons. The molecule has 0 aliphatic carbocycles. The summed E-state index contributed by atoms with van der Waals surface area (Å²) in [6, 6.07) is -9.57. The molecule has 1 aliphatic heterocycles. The number of amides is 8. The van der Waals surface area contributed by atoms with E-state index < -0.39 is 120 Å². The number of aliphatic hydroxyl groups is 1. The molecule has 0 aromatic heterocycles. The molecule has 0 spiro atoms. The van der Waals surface area contributed by atoms with E-state index in [2.05, 4.69) is 42.2 Å². The molecule has 0 unspecified atom stereocenters. The number of hydrogen-bond donors (Lipinski definition) is 11. The Morgan fingerprint density at radius 1 is 0.672 bits per heavy atom. The zero-order valence-corrected chi connectivity index (χ0v) is 39.1. The molecule has 22 nitrogen and oxygen atoms in total. The number of carbonyl (C=O) groups excluding carboxylic acids is 8. The van der Waals surface area contributed by atoms with E-state index in [1.54, 1.807) is 48.5 Å². The van der Waals surface area contributed by atoms with Crippen LogP contribution in [0.1, 0.15) is 121 Å². The van der Waals surface area contributed by atoms with Crippen molar-refractivity contribution in [2.45, 2.75) is 175 Å². The molecule has 0 aromatic rings. The number of nitrogens with two attached hydrogens (primary N) is 2. The number of guanidine groups is 1. The molecule has 364 valence electrons. The lowest BCUT2D eigenvalue weighted by Gasteiger charge is -2.32. The summed E-state index contributed by atoms with van der Waals surface area (Å²) in [5.41, 5.74) is 10.9. The predicted molar refractivity (Wildman–Crippen MR) is 237 cm³/mol. The van der Waals surface area contributed by atoms with Gasteiger partial charge in [0, 0.05) is 20.0 Å². The Kier molecular flexibility index (Phi) is 24.4. The van der Waals surface area contributed by atoms with Crippen LogP contribution in [0.5, 0.6) is 0 Å². The fourth-order valence-corrected chi connectivity index (χ4v) is 7.02. The van der Waals surface area contributed by atoms with E-state index in [0.29, 0.717) is 25.7 Å². The molecule has 1 rings (SSSR count). The summed E-state index contributed by atoms with van der Waals surface area (Å²) in [5, 5.41) is 38.3. The highest BCUT2D eigenvalue weighted by Gasteiger charge is 2.40. The van der Waals surface area contributed by atoms with Crippen molar-refractivity contribution in [3.8, 4) is 0 Å². The number of aliphatic carboxylic acids is 1. The lowest BCUT2D eigenvalue weighted by Crippen LogP contribution is -2.63. The van der Waals surface area contributed by atoms with Gasteiger partial charge in [0.05, 0.1) is 6.10 Å². The van der Waals surface area contributed by atoms with Crippen LogP contribution in [0.25, 0.3) is 0 Å². The van der Waals surface area contributed by atoms with Gasteiger partial charge < -0.3 is 63.8 Å². The largest absolute Gasteiger partial charge is 0.480 e. The topological polar surface area (TPSA) is 346 Å². The summed E-state index contributed by atoms with van der Waals surface area (Å²) in [5.74, 6) is -8.17. The van der Waals surface area contributed by atoms with Crippen molar-refractivity contribution < 1.29 is 53.4 Å². The summed E-state index contributed by atoms with van der Waals surface area (Å²) in [7, 11) is 0. The van der Waals surface area contributed by atoms with Crippen molar-refractivity contribution in [2.24, 2.45) is 34.2 Å². The first-order valence-electron chi connectivity index (χ1n) is 22.3. The zero-order chi connectivity index (χ0) is 49.0. The third-order valence-corrected chi connectivity index (χ3v) is 11.3. The fraction of sp³-hybridized carbons (Fsp3) is 0.762. The van der Waals surface area contributed by atoms with E-state index in [4.69, 9.17) is 11.5 Å². The third-order valence-electron chi connectivity index (χ3n) is 11.3. The van der Waals surface area contributed by atoms with Crippen LogP contribution in [0.2, 0.25) is 0 Å². The van der Waals surface area contributed by atoms with Gasteiger partial charge in [-0.15, -0.1) is 0 Å². The number of carboxylic acid groups (broad SMARTS) is 1. The van der Waals surface area contributed by atoms with Gasteiger partial charge >= 0.3 is 5.97 Å². The minimum absolute atomic E-state index is 0.0368. The highest BCUT2D eigenvalue weighted by atomic mass is 16.4. The summed E-state index contributed by atoms with van der Waals surface area (Å²) in [6.45, 7) is 16.4. The van der Waals surface area contributed by atoms with Gasteiger partial charge in [0.15, 0.2) is 5.96 Å². The van der Waals surface area contributed by atoms with Gasteiger partial charge in [0.2, 0.25) is 47.3 Å². The first-order valence-corrected chi connectivity index (χ1v) is 22.3. The molecule has 0 bridgehead atoms. The van der Waals surface area contributed by atoms with Gasteiger partial charge in [-0.05, 0) is 63.7 Å². The van der Waals surface area contributed by atoms with Gasteiger partial charge in [0.1, 0.15) is 48.3 Å². The number of nitrogens with zero attached hydrogens (tertiary/aromatic N) is 2. The zero-order valence-electron chi connectivity index (χ0n) is 39.1. The van der Waals surface area contributed by atoms with E-state index in [9.17, 15) is 53.4 Å². The molecule has 1 fully saturated rings.